The van der Waals surface area contributed by atoms with Crippen LogP contribution in [0.1, 0.15) is 30.2 Å². The maximum Gasteiger partial charge on any atom is 0.123 e. The molecule has 0 amide bonds. The quantitative estimate of drug-likeness (QED) is 0.741. The normalized spacial score (nSPS) is 25.9. The molecule has 0 bridgehead atoms. The van der Waals surface area contributed by atoms with E-state index in [-0.39, 0.29) is 18.0 Å². The van der Waals surface area contributed by atoms with Crippen molar-refractivity contribution in [3.8, 4) is 0 Å². The molecule has 1 N–H and O–H groups in total. The lowest BCUT2D eigenvalue weighted by Gasteiger charge is -2.29. The summed E-state index contributed by atoms with van der Waals surface area (Å²) in [6.45, 7) is 2.60. The van der Waals surface area contributed by atoms with Gasteiger partial charge in [0.25, 0.3) is 0 Å². The second-order valence-electron chi connectivity index (χ2n) is 3.59. The summed E-state index contributed by atoms with van der Waals surface area (Å²) in [5, 5.41) is 3.15. The van der Waals surface area contributed by atoms with Crippen molar-refractivity contribution in [3.05, 3.63) is 35.1 Å². The maximum atomic E-state index is 13.0. The Kier molecular flexibility index (Phi) is 2.52. The van der Waals surface area contributed by atoms with Gasteiger partial charge < -0.3 is 10.1 Å². The first-order valence-electron chi connectivity index (χ1n) is 4.80. The molecule has 0 radical (unpaired) electrons. The van der Waals surface area contributed by atoms with E-state index in [1.54, 1.807) is 6.07 Å². The minimum absolute atomic E-state index is 0.00898. The lowest BCUT2D eigenvalue weighted by molar-refractivity contribution is 0.0343. The Morgan fingerprint density at radius 1 is 1.43 bits per heavy atom. The van der Waals surface area contributed by atoms with E-state index in [2.05, 4.69) is 5.32 Å². The van der Waals surface area contributed by atoms with Gasteiger partial charge in [-0.25, -0.2) is 4.39 Å². The molecule has 2 atom stereocenters. The summed E-state index contributed by atoms with van der Waals surface area (Å²) in [7, 11) is 1.89. The smallest absolute Gasteiger partial charge is 0.123 e. The van der Waals surface area contributed by atoms with Crippen LogP contribution in [0.3, 0.4) is 0 Å². The zero-order valence-corrected chi connectivity index (χ0v) is 8.38. The fourth-order valence-corrected chi connectivity index (χ4v) is 1.87. The van der Waals surface area contributed by atoms with E-state index in [9.17, 15) is 4.39 Å². The van der Waals surface area contributed by atoms with E-state index in [1.165, 1.54) is 6.07 Å². The van der Waals surface area contributed by atoms with Gasteiger partial charge in [-0.05, 0) is 37.2 Å². The van der Waals surface area contributed by atoms with Crippen LogP contribution in [0.25, 0.3) is 0 Å². The number of halogens is 1. The SMILES string of the molecule is CN[C@@H]1COC(C)c2cc(F)ccc21. The highest BCUT2D eigenvalue weighted by atomic mass is 19.1. The predicted octanol–water partition coefficient (Wildman–Crippen LogP) is 2.18. The highest BCUT2D eigenvalue weighted by Crippen LogP contribution is 2.32. The third-order valence-corrected chi connectivity index (χ3v) is 2.72. The van der Waals surface area contributed by atoms with Crippen LogP contribution in [-0.2, 0) is 4.74 Å². The maximum absolute atomic E-state index is 13.0. The molecular weight excluding hydrogens is 181 g/mol. The van der Waals surface area contributed by atoms with E-state index < -0.39 is 0 Å². The summed E-state index contributed by atoms with van der Waals surface area (Å²) in [6.07, 6.45) is -0.00898. The van der Waals surface area contributed by atoms with Gasteiger partial charge in [-0.2, -0.15) is 0 Å². The van der Waals surface area contributed by atoms with Gasteiger partial charge in [0, 0.05) is 0 Å². The van der Waals surface area contributed by atoms with Crippen LogP contribution in [0.5, 0.6) is 0 Å². The van der Waals surface area contributed by atoms with Crippen LogP contribution in [0.4, 0.5) is 4.39 Å². The molecule has 76 valence electrons. The minimum atomic E-state index is -0.198. The van der Waals surface area contributed by atoms with Crippen molar-refractivity contribution in [1.29, 1.82) is 0 Å². The Morgan fingerprint density at radius 3 is 2.93 bits per heavy atom. The predicted molar refractivity (Wildman–Crippen MR) is 52.6 cm³/mol. The van der Waals surface area contributed by atoms with Crippen molar-refractivity contribution >= 4 is 0 Å². The second-order valence-corrected chi connectivity index (χ2v) is 3.59. The molecule has 1 heterocycles. The molecule has 1 unspecified atom stereocenters. The lowest BCUT2D eigenvalue weighted by Crippen LogP contribution is -2.28. The first-order valence-corrected chi connectivity index (χ1v) is 4.80. The molecular formula is C11H14FNO. The molecule has 0 aromatic heterocycles. The van der Waals surface area contributed by atoms with Crippen molar-refractivity contribution in [2.45, 2.75) is 19.1 Å². The van der Waals surface area contributed by atoms with Crippen LogP contribution >= 0.6 is 0 Å². The number of rotatable bonds is 1. The molecule has 0 saturated carbocycles. The highest BCUT2D eigenvalue weighted by molar-refractivity contribution is 5.34. The third kappa shape index (κ3) is 1.53. The van der Waals surface area contributed by atoms with Crippen LogP contribution in [0.2, 0.25) is 0 Å². The molecule has 1 aromatic carbocycles. The molecule has 0 fully saturated rings. The van der Waals surface area contributed by atoms with Gasteiger partial charge in [0.2, 0.25) is 0 Å². The Labute approximate surface area is 83.1 Å². The van der Waals surface area contributed by atoms with Gasteiger partial charge in [0.15, 0.2) is 0 Å². The highest BCUT2D eigenvalue weighted by Gasteiger charge is 2.24. The van der Waals surface area contributed by atoms with Gasteiger partial charge >= 0.3 is 0 Å². The molecule has 1 aromatic rings. The van der Waals surface area contributed by atoms with Gasteiger partial charge in [-0.3, -0.25) is 0 Å². The number of likely N-dealkylation sites (N-methyl/N-ethyl adjacent to an activating group) is 1. The van der Waals surface area contributed by atoms with E-state index in [0.29, 0.717) is 6.61 Å². The number of hydrogen-bond acceptors (Lipinski definition) is 2. The summed E-state index contributed by atoms with van der Waals surface area (Å²) in [5.74, 6) is -0.198. The molecule has 3 heteroatoms. The average Bonchev–Trinajstić information content (AvgIpc) is 2.19. The molecule has 14 heavy (non-hydrogen) atoms. The fraction of sp³-hybridized carbons (Fsp3) is 0.455. The summed E-state index contributed by atoms with van der Waals surface area (Å²) in [4.78, 5) is 0. The van der Waals surface area contributed by atoms with Crippen molar-refractivity contribution in [2.75, 3.05) is 13.7 Å². The summed E-state index contributed by atoms with van der Waals surface area (Å²) in [5.41, 5.74) is 2.10. The topological polar surface area (TPSA) is 21.3 Å². The number of ether oxygens (including phenoxy) is 1. The van der Waals surface area contributed by atoms with E-state index >= 15 is 0 Å². The Balaban J connectivity index is 2.45. The Morgan fingerprint density at radius 2 is 2.21 bits per heavy atom. The van der Waals surface area contributed by atoms with Crippen LogP contribution in [0.15, 0.2) is 18.2 Å². The number of nitrogens with one attached hydrogen (secondary N) is 1. The zero-order valence-electron chi connectivity index (χ0n) is 8.38. The van der Waals surface area contributed by atoms with Crippen molar-refractivity contribution in [2.24, 2.45) is 0 Å². The standard InChI is InChI=1S/C11H14FNO/c1-7-10-5-8(12)3-4-9(10)11(13-2)6-14-7/h3-5,7,11,13H,6H2,1-2H3/t7?,11-/m1/s1. The molecule has 1 aliphatic heterocycles. The van der Waals surface area contributed by atoms with Crippen molar-refractivity contribution < 1.29 is 9.13 Å². The van der Waals surface area contributed by atoms with Crippen LogP contribution in [0, 0.1) is 5.82 Å². The second kappa shape index (κ2) is 3.67. The molecule has 0 aliphatic carbocycles. The third-order valence-electron chi connectivity index (χ3n) is 2.72. The molecule has 1 aliphatic rings. The van der Waals surface area contributed by atoms with E-state index in [0.717, 1.165) is 11.1 Å². The van der Waals surface area contributed by atoms with Crippen LogP contribution < -0.4 is 5.32 Å². The van der Waals surface area contributed by atoms with Crippen molar-refractivity contribution in [3.63, 3.8) is 0 Å². The number of hydrogen-bond donors (Lipinski definition) is 1. The molecule has 0 spiro atoms. The first-order chi connectivity index (χ1) is 6.72. The summed E-state index contributed by atoms with van der Waals surface area (Å²) in [6, 6.07) is 5.08. The Hall–Kier alpha value is -0.930. The monoisotopic (exact) mass is 195 g/mol. The van der Waals surface area contributed by atoms with Crippen molar-refractivity contribution in [1.82, 2.24) is 5.32 Å². The van der Waals surface area contributed by atoms with Gasteiger partial charge in [-0.15, -0.1) is 0 Å². The van der Waals surface area contributed by atoms with E-state index in [4.69, 9.17) is 4.74 Å². The molecule has 2 nitrogen and oxygen atoms in total. The summed E-state index contributed by atoms with van der Waals surface area (Å²) >= 11 is 0. The van der Waals surface area contributed by atoms with E-state index in [1.807, 2.05) is 20.0 Å². The van der Waals surface area contributed by atoms with Crippen LogP contribution in [-0.4, -0.2) is 13.7 Å². The number of fused-ring (bicyclic) bond motifs is 1. The number of benzene rings is 1. The molecule has 0 saturated heterocycles. The summed E-state index contributed by atoms with van der Waals surface area (Å²) < 4.78 is 18.6. The fourth-order valence-electron chi connectivity index (χ4n) is 1.87. The Bertz CT molecular complexity index is 340. The van der Waals surface area contributed by atoms with Gasteiger partial charge in [-0.1, -0.05) is 6.07 Å². The minimum Gasteiger partial charge on any atom is -0.372 e. The molecule has 2 rings (SSSR count). The lowest BCUT2D eigenvalue weighted by atomic mass is 9.95. The average molecular weight is 195 g/mol. The van der Waals surface area contributed by atoms with Gasteiger partial charge in [0.1, 0.15) is 5.82 Å². The zero-order chi connectivity index (χ0) is 10.1. The largest absolute Gasteiger partial charge is 0.372 e. The van der Waals surface area contributed by atoms with Gasteiger partial charge in [0.05, 0.1) is 18.8 Å². The first kappa shape index (κ1) is 9.62.